The van der Waals surface area contributed by atoms with Crippen LogP contribution in [0.15, 0.2) is 42.6 Å². The standard InChI is InChI=1S/C20H24N2O3/c1-24-10-7-15-3-2-4-16(13-15)17-5-6-19(21-14-17)20(23)22-18-8-11-25-12-9-18/h2-6,13-14,18H,7-12H2,1H3,(H,22,23). The summed E-state index contributed by atoms with van der Waals surface area (Å²) >= 11 is 0. The second-order valence-corrected chi connectivity index (χ2v) is 6.24. The van der Waals surface area contributed by atoms with Crippen molar-refractivity contribution >= 4 is 5.91 Å². The minimum Gasteiger partial charge on any atom is -0.384 e. The Labute approximate surface area is 148 Å². The molecule has 25 heavy (non-hydrogen) atoms. The van der Waals surface area contributed by atoms with Crippen LogP contribution in [0.2, 0.25) is 0 Å². The molecule has 0 saturated carbocycles. The fourth-order valence-electron chi connectivity index (χ4n) is 2.93. The highest BCUT2D eigenvalue weighted by Crippen LogP contribution is 2.20. The summed E-state index contributed by atoms with van der Waals surface area (Å²) in [5.74, 6) is -0.118. The summed E-state index contributed by atoms with van der Waals surface area (Å²) in [5.41, 5.74) is 3.77. The molecule has 0 atom stereocenters. The summed E-state index contributed by atoms with van der Waals surface area (Å²) in [6.07, 6.45) is 4.36. The Hall–Kier alpha value is -2.24. The third-order valence-corrected chi connectivity index (χ3v) is 4.41. The summed E-state index contributed by atoms with van der Waals surface area (Å²) in [6, 6.07) is 12.2. The second kappa shape index (κ2) is 8.74. The van der Waals surface area contributed by atoms with Gasteiger partial charge < -0.3 is 14.8 Å². The van der Waals surface area contributed by atoms with E-state index in [1.165, 1.54) is 5.56 Å². The van der Waals surface area contributed by atoms with E-state index >= 15 is 0 Å². The van der Waals surface area contributed by atoms with Gasteiger partial charge in [-0.05, 0) is 36.5 Å². The number of aromatic nitrogens is 1. The van der Waals surface area contributed by atoms with Crippen LogP contribution in [0, 0.1) is 0 Å². The van der Waals surface area contributed by atoms with Crippen molar-refractivity contribution in [2.45, 2.75) is 25.3 Å². The van der Waals surface area contributed by atoms with E-state index in [2.05, 4.69) is 28.5 Å². The van der Waals surface area contributed by atoms with E-state index in [1.807, 2.05) is 12.1 Å². The first-order valence-corrected chi connectivity index (χ1v) is 8.69. The predicted octanol–water partition coefficient (Wildman–Crippen LogP) is 2.85. The first-order chi connectivity index (χ1) is 12.3. The van der Waals surface area contributed by atoms with Crippen molar-refractivity contribution in [3.8, 4) is 11.1 Å². The van der Waals surface area contributed by atoms with E-state index in [0.717, 1.165) is 30.4 Å². The topological polar surface area (TPSA) is 60.5 Å². The lowest BCUT2D eigenvalue weighted by Crippen LogP contribution is -2.39. The maximum Gasteiger partial charge on any atom is 0.270 e. The van der Waals surface area contributed by atoms with Gasteiger partial charge in [0, 0.05) is 38.1 Å². The maximum atomic E-state index is 12.3. The normalized spacial score (nSPS) is 15.1. The SMILES string of the molecule is COCCc1cccc(-c2ccc(C(=O)NC3CCOCC3)nc2)c1. The molecule has 0 bridgehead atoms. The van der Waals surface area contributed by atoms with Crippen LogP contribution in [0.4, 0.5) is 0 Å². The van der Waals surface area contributed by atoms with Crippen LogP contribution in [-0.2, 0) is 15.9 Å². The number of ether oxygens (including phenoxy) is 2. The summed E-state index contributed by atoms with van der Waals surface area (Å²) < 4.78 is 10.4. The number of pyridine rings is 1. The largest absolute Gasteiger partial charge is 0.384 e. The van der Waals surface area contributed by atoms with Gasteiger partial charge in [0.15, 0.2) is 0 Å². The van der Waals surface area contributed by atoms with Gasteiger partial charge >= 0.3 is 0 Å². The first kappa shape index (κ1) is 17.6. The number of nitrogens with one attached hydrogen (secondary N) is 1. The van der Waals surface area contributed by atoms with Crippen molar-refractivity contribution in [1.82, 2.24) is 10.3 Å². The minimum atomic E-state index is -0.118. The minimum absolute atomic E-state index is 0.118. The molecule has 0 radical (unpaired) electrons. The number of hydrogen-bond donors (Lipinski definition) is 1. The lowest BCUT2D eigenvalue weighted by atomic mass is 10.0. The summed E-state index contributed by atoms with van der Waals surface area (Å²) in [6.45, 7) is 2.11. The molecule has 0 spiro atoms. The number of nitrogens with zero attached hydrogens (tertiary/aromatic N) is 1. The molecular formula is C20H24N2O3. The van der Waals surface area contributed by atoms with E-state index in [9.17, 15) is 4.79 Å². The molecule has 1 aromatic heterocycles. The fraction of sp³-hybridized carbons (Fsp3) is 0.400. The molecule has 1 fully saturated rings. The molecule has 1 aliphatic heterocycles. The van der Waals surface area contributed by atoms with Gasteiger partial charge in [0.1, 0.15) is 5.69 Å². The Morgan fingerprint density at radius 1 is 1.24 bits per heavy atom. The monoisotopic (exact) mass is 340 g/mol. The molecule has 1 saturated heterocycles. The summed E-state index contributed by atoms with van der Waals surface area (Å²) in [4.78, 5) is 16.6. The number of methoxy groups -OCH3 is 1. The molecule has 0 unspecified atom stereocenters. The van der Waals surface area contributed by atoms with Gasteiger partial charge in [0.25, 0.3) is 5.91 Å². The third kappa shape index (κ3) is 4.87. The van der Waals surface area contributed by atoms with Crippen molar-refractivity contribution < 1.29 is 14.3 Å². The molecule has 5 nitrogen and oxygen atoms in total. The fourth-order valence-corrected chi connectivity index (χ4v) is 2.93. The highest BCUT2D eigenvalue weighted by atomic mass is 16.5. The van der Waals surface area contributed by atoms with Crippen LogP contribution >= 0.6 is 0 Å². The molecule has 3 rings (SSSR count). The predicted molar refractivity (Wildman–Crippen MR) is 96.6 cm³/mol. The van der Waals surface area contributed by atoms with Gasteiger partial charge in [-0.2, -0.15) is 0 Å². The third-order valence-electron chi connectivity index (χ3n) is 4.41. The highest BCUT2D eigenvalue weighted by Gasteiger charge is 2.17. The van der Waals surface area contributed by atoms with Crippen molar-refractivity contribution in [2.24, 2.45) is 0 Å². The number of rotatable bonds is 6. The van der Waals surface area contributed by atoms with Gasteiger partial charge in [0.05, 0.1) is 6.61 Å². The number of hydrogen-bond acceptors (Lipinski definition) is 4. The van der Waals surface area contributed by atoms with Gasteiger partial charge in [-0.15, -0.1) is 0 Å². The molecule has 0 aliphatic carbocycles. The Kier molecular flexibility index (Phi) is 6.14. The van der Waals surface area contributed by atoms with Gasteiger partial charge in [-0.1, -0.05) is 30.3 Å². The molecule has 1 N–H and O–H groups in total. The highest BCUT2D eigenvalue weighted by molar-refractivity contribution is 5.92. The van der Waals surface area contributed by atoms with E-state index < -0.39 is 0 Å². The average Bonchev–Trinajstić information content (AvgIpc) is 2.67. The quantitative estimate of drug-likeness (QED) is 0.878. The Morgan fingerprint density at radius 2 is 2.08 bits per heavy atom. The van der Waals surface area contributed by atoms with Crippen molar-refractivity contribution in [3.05, 3.63) is 53.9 Å². The lowest BCUT2D eigenvalue weighted by molar-refractivity contribution is 0.0694. The van der Waals surface area contributed by atoms with Crippen molar-refractivity contribution in [1.29, 1.82) is 0 Å². The van der Waals surface area contributed by atoms with Crippen LogP contribution in [-0.4, -0.2) is 43.9 Å². The van der Waals surface area contributed by atoms with Crippen LogP contribution in [0.25, 0.3) is 11.1 Å². The smallest absolute Gasteiger partial charge is 0.270 e. The average molecular weight is 340 g/mol. The van der Waals surface area contributed by atoms with Crippen molar-refractivity contribution in [3.63, 3.8) is 0 Å². The number of carbonyl (C=O) groups excluding carboxylic acids is 1. The maximum absolute atomic E-state index is 12.3. The Bertz CT molecular complexity index is 694. The number of amides is 1. The molecule has 2 aromatic rings. The number of benzene rings is 1. The molecule has 1 aliphatic rings. The molecular weight excluding hydrogens is 316 g/mol. The Balaban J connectivity index is 1.66. The van der Waals surface area contributed by atoms with Gasteiger partial charge in [0.2, 0.25) is 0 Å². The van der Waals surface area contributed by atoms with Crippen LogP contribution in [0.5, 0.6) is 0 Å². The lowest BCUT2D eigenvalue weighted by Gasteiger charge is -2.22. The first-order valence-electron chi connectivity index (χ1n) is 8.69. The van der Waals surface area contributed by atoms with E-state index in [1.54, 1.807) is 19.4 Å². The molecule has 132 valence electrons. The molecule has 1 amide bonds. The zero-order valence-corrected chi connectivity index (χ0v) is 14.5. The molecule has 5 heteroatoms. The zero-order chi connectivity index (χ0) is 17.5. The van der Waals surface area contributed by atoms with E-state index in [0.29, 0.717) is 25.5 Å². The summed E-state index contributed by atoms with van der Waals surface area (Å²) in [5, 5.41) is 3.03. The van der Waals surface area contributed by atoms with E-state index in [-0.39, 0.29) is 11.9 Å². The molecule has 2 heterocycles. The number of carbonyl (C=O) groups is 1. The molecule has 1 aromatic carbocycles. The van der Waals surface area contributed by atoms with E-state index in [4.69, 9.17) is 9.47 Å². The van der Waals surface area contributed by atoms with Crippen LogP contribution in [0.3, 0.4) is 0 Å². The van der Waals surface area contributed by atoms with Crippen LogP contribution < -0.4 is 5.32 Å². The van der Waals surface area contributed by atoms with Gasteiger partial charge in [-0.3, -0.25) is 9.78 Å². The second-order valence-electron chi connectivity index (χ2n) is 6.24. The Morgan fingerprint density at radius 3 is 2.80 bits per heavy atom. The van der Waals surface area contributed by atoms with Crippen molar-refractivity contribution in [2.75, 3.05) is 26.9 Å². The van der Waals surface area contributed by atoms with Crippen LogP contribution in [0.1, 0.15) is 28.9 Å². The zero-order valence-electron chi connectivity index (χ0n) is 14.5. The summed E-state index contributed by atoms with van der Waals surface area (Å²) in [7, 11) is 1.71. The van der Waals surface area contributed by atoms with Gasteiger partial charge in [-0.25, -0.2) is 0 Å².